The fourth-order valence-corrected chi connectivity index (χ4v) is 1.43. The Bertz CT molecular complexity index is 368. The van der Waals surface area contributed by atoms with E-state index in [2.05, 4.69) is 20.7 Å². The first kappa shape index (κ1) is 6.67. The Morgan fingerprint density at radius 1 is 1.36 bits per heavy atom. The number of aromatic nitrogens is 3. The summed E-state index contributed by atoms with van der Waals surface area (Å²) in [5.74, 6) is 0. The van der Waals surface area contributed by atoms with Crippen molar-refractivity contribution in [1.82, 2.24) is 13.7 Å². The Kier molecular flexibility index (Phi) is 1.54. The Balaban J connectivity index is 2.67. The molecule has 0 bridgehead atoms. The fraction of sp³-hybridized carbons (Fsp3) is 0.286. The van der Waals surface area contributed by atoms with E-state index in [1.165, 1.54) is 11.7 Å². The predicted molar refractivity (Wildman–Crippen MR) is 44.6 cm³/mol. The van der Waals surface area contributed by atoms with E-state index >= 15 is 0 Å². The van der Waals surface area contributed by atoms with Crippen molar-refractivity contribution >= 4 is 22.8 Å². The second-order valence-corrected chi connectivity index (χ2v) is 2.81. The van der Waals surface area contributed by atoms with Gasteiger partial charge in [-0.25, -0.2) is 0 Å². The summed E-state index contributed by atoms with van der Waals surface area (Å²) in [6.07, 6.45) is 2.73. The molecule has 0 amide bonds. The number of aryl methyl sites for hydroxylation is 1. The highest BCUT2D eigenvalue weighted by Crippen LogP contribution is 2.10. The molecule has 11 heavy (non-hydrogen) atoms. The molecule has 2 aromatic rings. The van der Waals surface area contributed by atoms with Crippen molar-refractivity contribution < 1.29 is 0 Å². The molecule has 3 nitrogen and oxygen atoms in total. The highest BCUT2D eigenvalue weighted by atomic mass is 32.1. The van der Waals surface area contributed by atoms with Crippen molar-refractivity contribution in [3.05, 3.63) is 18.0 Å². The molecule has 0 aliphatic rings. The monoisotopic (exact) mass is 165 g/mol. The van der Waals surface area contributed by atoms with Crippen LogP contribution >= 0.6 is 11.7 Å². The van der Waals surface area contributed by atoms with Gasteiger partial charge >= 0.3 is 0 Å². The van der Waals surface area contributed by atoms with Crippen LogP contribution in [0.5, 0.6) is 0 Å². The molecule has 0 unspecified atom stereocenters. The highest BCUT2D eigenvalue weighted by molar-refractivity contribution is 7.00. The van der Waals surface area contributed by atoms with Gasteiger partial charge in [0.05, 0.1) is 17.9 Å². The fourth-order valence-electron chi connectivity index (χ4n) is 0.924. The summed E-state index contributed by atoms with van der Waals surface area (Å²) in [6.45, 7) is 2.08. The van der Waals surface area contributed by atoms with Crippen LogP contribution in [0.2, 0.25) is 0 Å². The number of pyridine rings is 1. The van der Waals surface area contributed by atoms with Crippen molar-refractivity contribution in [2.45, 2.75) is 13.3 Å². The van der Waals surface area contributed by atoms with E-state index in [1.54, 1.807) is 6.20 Å². The summed E-state index contributed by atoms with van der Waals surface area (Å²) >= 11 is 1.23. The lowest BCUT2D eigenvalue weighted by Gasteiger charge is -1.91. The van der Waals surface area contributed by atoms with Crippen molar-refractivity contribution in [2.24, 2.45) is 0 Å². The maximum absolute atomic E-state index is 4.20. The molecule has 56 valence electrons. The van der Waals surface area contributed by atoms with E-state index in [-0.39, 0.29) is 0 Å². The molecule has 2 aromatic heterocycles. The first-order chi connectivity index (χ1) is 5.40. The number of hydrogen-bond donors (Lipinski definition) is 0. The van der Waals surface area contributed by atoms with Crippen LogP contribution in [0.1, 0.15) is 12.6 Å². The van der Waals surface area contributed by atoms with Gasteiger partial charge in [-0.2, -0.15) is 8.75 Å². The molecule has 0 aliphatic heterocycles. The van der Waals surface area contributed by atoms with Crippen LogP contribution < -0.4 is 0 Å². The third kappa shape index (κ3) is 1.09. The minimum absolute atomic E-state index is 0.896. The van der Waals surface area contributed by atoms with Crippen LogP contribution in [0.25, 0.3) is 11.0 Å². The normalized spacial score (nSPS) is 10.6. The summed E-state index contributed by atoms with van der Waals surface area (Å²) in [6, 6.07) is 1.98. The second-order valence-electron chi connectivity index (χ2n) is 2.28. The number of rotatable bonds is 1. The van der Waals surface area contributed by atoms with Gasteiger partial charge in [-0.1, -0.05) is 6.92 Å². The van der Waals surface area contributed by atoms with Crippen LogP contribution in [0.15, 0.2) is 12.3 Å². The lowest BCUT2D eigenvalue weighted by atomic mass is 10.3. The zero-order chi connectivity index (χ0) is 7.68. The van der Waals surface area contributed by atoms with E-state index in [9.17, 15) is 0 Å². The van der Waals surface area contributed by atoms with Gasteiger partial charge in [0.2, 0.25) is 0 Å². The Morgan fingerprint density at radius 3 is 3.00 bits per heavy atom. The van der Waals surface area contributed by atoms with Gasteiger partial charge in [-0.05, 0) is 12.5 Å². The van der Waals surface area contributed by atoms with Gasteiger partial charge in [0.15, 0.2) is 0 Å². The Morgan fingerprint density at radius 2 is 2.18 bits per heavy atom. The van der Waals surface area contributed by atoms with E-state index in [0.29, 0.717) is 0 Å². The quantitative estimate of drug-likeness (QED) is 0.645. The number of nitrogens with zero attached hydrogens (tertiary/aromatic N) is 3. The topological polar surface area (TPSA) is 38.7 Å². The lowest BCUT2D eigenvalue weighted by Crippen LogP contribution is -1.84. The summed E-state index contributed by atoms with van der Waals surface area (Å²) in [4.78, 5) is 4.20. The van der Waals surface area contributed by atoms with Gasteiger partial charge < -0.3 is 0 Å². The van der Waals surface area contributed by atoms with E-state index in [0.717, 1.165) is 23.1 Å². The molecule has 0 fully saturated rings. The molecule has 2 heterocycles. The Labute approximate surface area is 68.4 Å². The van der Waals surface area contributed by atoms with Crippen LogP contribution in [-0.4, -0.2) is 13.7 Å². The third-order valence-corrected chi connectivity index (χ3v) is 2.12. The third-order valence-electron chi connectivity index (χ3n) is 1.56. The SMILES string of the molecule is CCc1cc2nsnc2cn1. The largest absolute Gasteiger partial charge is 0.259 e. The van der Waals surface area contributed by atoms with Crippen molar-refractivity contribution in [3.8, 4) is 0 Å². The van der Waals surface area contributed by atoms with Crippen molar-refractivity contribution in [1.29, 1.82) is 0 Å². The van der Waals surface area contributed by atoms with Gasteiger partial charge in [-0.3, -0.25) is 4.98 Å². The molecule has 2 rings (SSSR count). The summed E-state index contributed by atoms with van der Waals surface area (Å²) in [5.41, 5.74) is 2.93. The maximum Gasteiger partial charge on any atom is 0.123 e. The van der Waals surface area contributed by atoms with Crippen molar-refractivity contribution in [2.75, 3.05) is 0 Å². The van der Waals surface area contributed by atoms with Crippen LogP contribution in [0.3, 0.4) is 0 Å². The van der Waals surface area contributed by atoms with Crippen LogP contribution in [0, 0.1) is 0 Å². The van der Waals surface area contributed by atoms with E-state index < -0.39 is 0 Å². The standard InChI is InChI=1S/C7H7N3S/c1-2-5-3-6-7(4-8-5)10-11-9-6/h3-4H,2H2,1H3. The molecule has 0 N–H and O–H groups in total. The number of fused-ring (bicyclic) bond motifs is 1. The van der Waals surface area contributed by atoms with Crippen LogP contribution in [0.4, 0.5) is 0 Å². The van der Waals surface area contributed by atoms with E-state index in [4.69, 9.17) is 0 Å². The van der Waals surface area contributed by atoms with Gasteiger partial charge in [0.25, 0.3) is 0 Å². The molecule has 0 saturated heterocycles. The highest BCUT2D eigenvalue weighted by Gasteiger charge is 1.98. The zero-order valence-electron chi connectivity index (χ0n) is 6.11. The lowest BCUT2D eigenvalue weighted by molar-refractivity contribution is 1.04. The van der Waals surface area contributed by atoms with Gasteiger partial charge in [0.1, 0.15) is 11.0 Å². The number of hydrogen-bond acceptors (Lipinski definition) is 4. The minimum Gasteiger partial charge on any atom is -0.259 e. The van der Waals surface area contributed by atoms with Gasteiger partial charge in [-0.15, -0.1) is 0 Å². The van der Waals surface area contributed by atoms with E-state index in [1.807, 2.05) is 6.07 Å². The van der Waals surface area contributed by atoms with Crippen molar-refractivity contribution in [3.63, 3.8) is 0 Å². The maximum atomic E-state index is 4.20. The molecule has 0 radical (unpaired) electrons. The molecule has 0 atom stereocenters. The summed E-state index contributed by atoms with van der Waals surface area (Å²) in [7, 11) is 0. The average Bonchev–Trinajstić information content (AvgIpc) is 2.50. The second kappa shape index (κ2) is 2.54. The molecular weight excluding hydrogens is 158 g/mol. The molecule has 0 spiro atoms. The van der Waals surface area contributed by atoms with Gasteiger partial charge in [0, 0.05) is 5.69 Å². The first-order valence-electron chi connectivity index (χ1n) is 3.47. The molecule has 0 aromatic carbocycles. The molecule has 4 heteroatoms. The smallest absolute Gasteiger partial charge is 0.123 e. The molecule has 0 aliphatic carbocycles. The molecular formula is C7H7N3S. The summed E-state index contributed by atoms with van der Waals surface area (Å²) in [5, 5.41) is 0. The first-order valence-corrected chi connectivity index (χ1v) is 4.20. The molecule has 0 saturated carbocycles. The van der Waals surface area contributed by atoms with Crippen LogP contribution in [-0.2, 0) is 6.42 Å². The predicted octanol–water partition coefficient (Wildman–Crippen LogP) is 1.65. The summed E-state index contributed by atoms with van der Waals surface area (Å²) < 4.78 is 8.18. The average molecular weight is 165 g/mol. The Hall–Kier alpha value is -1.03. The minimum atomic E-state index is 0.896. The zero-order valence-corrected chi connectivity index (χ0v) is 6.93.